The van der Waals surface area contributed by atoms with Gasteiger partial charge in [0.25, 0.3) is 0 Å². The zero-order chi connectivity index (χ0) is 25.4. The molecule has 36 heavy (non-hydrogen) atoms. The summed E-state index contributed by atoms with van der Waals surface area (Å²) in [4.78, 5) is 16.1. The number of amides is 1. The summed E-state index contributed by atoms with van der Waals surface area (Å²) in [5.41, 5.74) is 6.47. The molecule has 0 aromatic heterocycles. The Hall–Kier alpha value is -2.87. The number of nitrogens with zero attached hydrogens (tertiary/aromatic N) is 3. The normalized spacial score (nSPS) is 14.9. The molecule has 2 heterocycles. The highest BCUT2D eigenvalue weighted by Gasteiger charge is 2.27. The van der Waals surface area contributed by atoms with Crippen LogP contribution in [0, 0.1) is 0 Å². The minimum atomic E-state index is -3.65. The second-order valence-corrected chi connectivity index (χ2v) is 11.9. The molecule has 0 fully saturated rings. The maximum atomic E-state index is 13.3. The van der Waals surface area contributed by atoms with E-state index in [1.165, 1.54) is 22.4 Å². The van der Waals surface area contributed by atoms with E-state index in [0.717, 1.165) is 35.5 Å². The molecule has 188 valence electrons. The number of hydrogen-bond donors (Lipinski definition) is 0. The molecule has 2 aliphatic heterocycles. The Bertz CT molecular complexity index is 1420. The average molecular weight is 524 g/mol. The molecule has 0 spiro atoms. The molecular formula is C28H30ClN3O3S. The topological polar surface area (TPSA) is 60.9 Å². The van der Waals surface area contributed by atoms with E-state index in [1.807, 2.05) is 18.2 Å². The number of sulfonamides is 1. The number of benzene rings is 3. The van der Waals surface area contributed by atoms with Gasteiger partial charge in [0, 0.05) is 55.7 Å². The maximum absolute atomic E-state index is 13.3. The number of carbonyl (C=O) groups excluding carboxylic acids is 1. The molecule has 0 bridgehead atoms. The zero-order valence-corrected chi connectivity index (χ0v) is 22.1. The summed E-state index contributed by atoms with van der Waals surface area (Å²) in [5.74, 6) is -0.0283. The Morgan fingerprint density at radius 1 is 0.917 bits per heavy atom. The van der Waals surface area contributed by atoms with Gasteiger partial charge in [-0.15, -0.1) is 0 Å². The molecule has 0 atom stereocenters. The van der Waals surface area contributed by atoms with Gasteiger partial charge in [-0.3, -0.25) is 4.79 Å². The van der Waals surface area contributed by atoms with Crippen molar-refractivity contribution < 1.29 is 13.2 Å². The first kappa shape index (κ1) is 24.8. The smallest absolute Gasteiger partial charge is 0.242 e. The monoisotopic (exact) mass is 523 g/mol. The Balaban J connectivity index is 1.33. The van der Waals surface area contributed by atoms with Gasteiger partial charge in [0.05, 0.1) is 4.90 Å². The molecular weight excluding hydrogens is 494 g/mol. The first-order chi connectivity index (χ1) is 17.3. The van der Waals surface area contributed by atoms with Gasteiger partial charge >= 0.3 is 0 Å². The summed E-state index contributed by atoms with van der Waals surface area (Å²) in [6, 6.07) is 19.5. The number of carbonyl (C=O) groups is 1. The van der Waals surface area contributed by atoms with Crippen LogP contribution in [0.4, 0.5) is 17.1 Å². The van der Waals surface area contributed by atoms with Crippen molar-refractivity contribution in [1.29, 1.82) is 0 Å². The number of rotatable bonds is 6. The van der Waals surface area contributed by atoms with Gasteiger partial charge in [0.1, 0.15) is 0 Å². The van der Waals surface area contributed by atoms with Gasteiger partial charge in [0.2, 0.25) is 15.9 Å². The highest BCUT2D eigenvalue weighted by atomic mass is 35.5. The van der Waals surface area contributed by atoms with Crippen LogP contribution in [0.3, 0.4) is 0 Å². The van der Waals surface area contributed by atoms with E-state index >= 15 is 0 Å². The lowest BCUT2D eigenvalue weighted by Gasteiger charge is -2.28. The van der Waals surface area contributed by atoms with E-state index in [2.05, 4.69) is 29.2 Å². The van der Waals surface area contributed by atoms with Crippen LogP contribution in [-0.2, 0) is 34.1 Å². The summed E-state index contributed by atoms with van der Waals surface area (Å²) < 4.78 is 28.1. The standard InChI is InChI=1S/C28H30ClN3O3S/c1-20(33)31-17-14-23-18-25(12-13-27(23)31)36(34,35)30(2)15-5-16-32-26-7-4-3-6-21(26)8-9-22-10-11-24(29)19-28(22)32/h3-4,6-7,10-13,18-19H,5,8-9,14-17H2,1-2H3. The number of anilines is 3. The van der Waals surface area contributed by atoms with Crippen molar-refractivity contribution in [3.05, 3.63) is 82.4 Å². The van der Waals surface area contributed by atoms with Crippen LogP contribution in [-0.4, -0.2) is 45.3 Å². The van der Waals surface area contributed by atoms with E-state index in [0.29, 0.717) is 37.5 Å². The van der Waals surface area contributed by atoms with Crippen LogP contribution in [0.25, 0.3) is 0 Å². The summed E-state index contributed by atoms with van der Waals surface area (Å²) >= 11 is 6.37. The van der Waals surface area contributed by atoms with Crippen molar-refractivity contribution in [2.24, 2.45) is 0 Å². The lowest BCUT2D eigenvalue weighted by molar-refractivity contribution is -0.116. The number of aryl methyl sites for hydroxylation is 2. The fourth-order valence-electron chi connectivity index (χ4n) is 5.24. The average Bonchev–Trinajstić information content (AvgIpc) is 3.23. The second-order valence-electron chi connectivity index (χ2n) is 9.44. The minimum Gasteiger partial charge on any atom is -0.341 e. The van der Waals surface area contributed by atoms with Gasteiger partial charge in [-0.1, -0.05) is 35.9 Å². The predicted octanol–water partition coefficient (Wildman–Crippen LogP) is 5.20. The molecule has 0 saturated carbocycles. The van der Waals surface area contributed by atoms with Crippen LogP contribution in [0.5, 0.6) is 0 Å². The number of hydrogen-bond acceptors (Lipinski definition) is 4. The molecule has 0 unspecified atom stereocenters. The van der Waals surface area contributed by atoms with Gasteiger partial charge in [-0.2, -0.15) is 0 Å². The maximum Gasteiger partial charge on any atom is 0.242 e. The van der Waals surface area contributed by atoms with Crippen LogP contribution < -0.4 is 9.80 Å². The molecule has 6 nitrogen and oxygen atoms in total. The number of para-hydroxylation sites is 1. The third-order valence-electron chi connectivity index (χ3n) is 7.17. The van der Waals surface area contributed by atoms with Crippen molar-refractivity contribution in [3.8, 4) is 0 Å². The molecule has 3 aromatic carbocycles. The molecule has 0 N–H and O–H groups in total. The Morgan fingerprint density at radius 2 is 1.67 bits per heavy atom. The summed E-state index contributed by atoms with van der Waals surface area (Å²) in [6.07, 6.45) is 3.21. The molecule has 0 aliphatic carbocycles. The fourth-order valence-corrected chi connectivity index (χ4v) is 6.67. The molecule has 0 radical (unpaired) electrons. The lowest BCUT2D eigenvalue weighted by atomic mass is 10.0. The Morgan fingerprint density at radius 3 is 2.44 bits per heavy atom. The van der Waals surface area contributed by atoms with Crippen LogP contribution in [0.2, 0.25) is 5.02 Å². The number of fused-ring (bicyclic) bond motifs is 3. The highest BCUT2D eigenvalue weighted by molar-refractivity contribution is 7.89. The third kappa shape index (κ3) is 4.63. The van der Waals surface area contributed by atoms with E-state index < -0.39 is 10.0 Å². The summed E-state index contributed by atoms with van der Waals surface area (Å²) in [6.45, 7) is 3.17. The molecule has 2 aliphatic rings. The van der Waals surface area contributed by atoms with Crippen molar-refractivity contribution in [2.45, 2.75) is 37.5 Å². The van der Waals surface area contributed by atoms with Gasteiger partial charge < -0.3 is 9.80 Å². The Kier molecular flexibility index (Phi) is 6.81. The highest BCUT2D eigenvalue weighted by Crippen LogP contribution is 2.37. The first-order valence-corrected chi connectivity index (χ1v) is 14.1. The van der Waals surface area contributed by atoms with Crippen molar-refractivity contribution >= 4 is 44.6 Å². The first-order valence-electron chi connectivity index (χ1n) is 12.3. The van der Waals surface area contributed by atoms with Crippen molar-refractivity contribution in [3.63, 3.8) is 0 Å². The van der Waals surface area contributed by atoms with Gasteiger partial charge in [-0.05, 0) is 78.8 Å². The number of halogens is 1. The van der Waals surface area contributed by atoms with E-state index in [1.54, 1.807) is 30.1 Å². The zero-order valence-electron chi connectivity index (χ0n) is 20.6. The van der Waals surface area contributed by atoms with Gasteiger partial charge in [-0.25, -0.2) is 12.7 Å². The lowest BCUT2D eigenvalue weighted by Crippen LogP contribution is -2.30. The molecule has 1 amide bonds. The molecule has 8 heteroatoms. The van der Waals surface area contributed by atoms with Crippen LogP contribution >= 0.6 is 11.6 Å². The van der Waals surface area contributed by atoms with Crippen molar-refractivity contribution in [1.82, 2.24) is 4.31 Å². The van der Waals surface area contributed by atoms with Gasteiger partial charge in [0.15, 0.2) is 0 Å². The molecule has 3 aromatic rings. The third-order valence-corrected chi connectivity index (χ3v) is 9.26. The minimum absolute atomic E-state index is 0.0283. The SMILES string of the molecule is CC(=O)N1CCc2cc(S(=O)(=O)N(C)CCCN3c4ccccc4CCc4ccc(Cl)cc43)ccc21. The summed E-state index contributed by atoms with van der Waals surface area (Å²) in [7, 11) is -2.02. The van der Waals surface area contributed by atoms with Crippen molar-refractivity contribution in [2.75, 3.05) is 36.5 Å². The quantitative estimate of drug-likeness (QED) is 0.446. The van der Waals surface area contributed by atoms with E-state index in [4.69, 9.17) is 11.6 Å². The Labute approximate surface area is 218 Å². The molecule has 5 rings (SSSR count). The largest absolute Gasteiger partial charge is 0.341 e. The summed E-state index contributed by atoms with van der Waals surface area (Å²) in [5, 5.41) is 0.692. The van der Waals surface area contributed by atoms with Crippen LogP contribution in [0.15, 0.2) is 65.6 Å². The molecule has 0 saturated heterocycles. The van der Waals surface area contributed by atoms with E-state index in [-0.39, 0.29) is 10.8 Å². The predicted molar refractivity (Wildman–Crippen MR) is 145 cm³/mol. The fraction of sp³-hybridized carbons (Fsp3) is 0.321. The van der Waals surface area contributed by atoms with E-state index in [9.17, 15) is 13.2 Å². The van der Waals surface area contributed by atoms with Crippen LogP contribution in [0.1, 0.15) is 30.0 Å². The second kappa shape index (κ2) is 9.88.